The molecule has 2 nitrogen and oxygen atoms in total. The van der Waals surface area contributed by atoms with Crippen molar-refractivity contribution in [3.63, 3.8) is 0 Å². The van der Waals surface area contributed by atoms with Gasteiger partial charge in [-0.3, -0.25) is 4.98 Å². The summed E-state index contributed by atoms with van der Waals surface area (Å²) < 4.78 is 0. The summed E-state index contributed by atoms with van der Waals surface area (Å²) in [6.07, 6.45) is 3.07. The van der Waals surface area contributed by atoms with Gasteiger partial charge in [0.05, 0.1) is 0 Å². The van der Waals surface area contributed by atoms with Crippen molar-refractivity contribution in [1.29, 1.82) is 0 Å². The molecule has 2 rings (SSSR count). The molecule has 0 aliphatic carbocycles. The lowest BCUT2D eigenvalue weighted by molar-refractivity contribution is 0.310. The normalized spacial score (nSPS) is 13.9. The van der Waals surface area contributed by atoms with Gasteiger partial charge in [-0.15, -0.1) is 0 Å². The highest BCUT2D eigenvalue weighted by Crippen LogP contribution is 2.16. The molecule has 92 valence electrons. The highest BCUT2D eigenvalue weighted by molar-refractivity contribution is 5.26. The van der Waals surface area contributed by atoms with Crippen LogP contribution < -0.4 is 0 Å². The minimum absolute atomic E-state index is 1.06. The van der Waals surface area contributed by atoms with Gasteiger partial charge in [-0.1, -0.05) is 33.8 Å². The van der Waals surface area contributed by atoms with Gasteiger partial charge in [-0.05, 0) is 25.1 Å². The molecule has 0 saturated heterocycles. The first-order valence-corrected chi connectivity index (χ1v) is 6.38. The molecule has 1 aliphatic heterocycles. The molecule has 2 heterocycles. The largest absolute Gasteiger partial charge is 0.302 e. The molecule has 2 heteroatoms. The summed E-state index contributed by atoms with van der Waals surface area (Å²) >= 11 is 0. The molecule has 0 saturated carbocycles. The van der Waals surface area contributed by atoms with Crippen molar-refractivity contribution in [2.24, 2.45) is 0 Å². The zero-order valence-electron chi connectivity index (χ0n) is 11.7. The molecule has 1 aliphatic rings. The van der Waals surface area contributed by atoms with Crippen LogP contribution in [0, 0.1) is 6.92 Å². The average molecular weight is 222 g/mol. The van der Waals surface area contributed by atoms with Crippen LogP contribution in [-0.4, -0.2) is 23.5 Å². The summed E-state index contributed by atoms with van der Waals surface area (Å²) in [5, 5.41) is 0. The molecule has 0 radical (unpaired) electrons. The number of fused-ring (bicyclic) bond motifs is 1. The molecule has 0 aromatic carbocycles. The number of hydrogen-bond acceptors (Lipinski definition) is 2. The van der Waals surface area contributed by atoms with Crippen molar-refractivity contribution in [1.82, 2.24) is 9.88 Å². The number of likely N-dealkylation sites (N-methyl/N-ethyl adjacent to an activating group) is 1. The van der Waals surface area contributed by atoms with E-state index in [1.165, 1.54) is 16.8 Å². The standard InChI is InChI=1S/C10H14N2.2C2H6/c1-8-5-9-7-12(2)4-3-10(9)11-6-8;2*1-2/h5-6H,3-4,7H2,1-2H3;2*1-2H3. The van der Waals surface area contributed by atoms with E-state index in [-0.39, 0.29) is 0 Å². The fourth-order valence-electron chi connectivity index (χ4n) is 1.69. The number of nitrogens with zero attached hydrogens (tertiary/aromatic N) is 2. The predicted octanol–water partition coefficient (Wildman–Crippen LogP) is 3.43. The van der Waals surface area contributed by atoms with Crippen molar-refractivity contribution >= 4 is 0 Å². The minimum atomic E-state index is 1.06. The van der Waals surface area contributed by atoms with Gasteiger partial charge < -0.3 is 4.90 Å². The van der Waals surface area contributed by atoms with Crippen molar-refractivity contribution in [2.45, 2.75) is 47.6 Å². The first-order chi connectivity index (χ1) is 7.75. The molecule has 0 amide bonds. The molecule has 0 unspecified atom stereocenters. The Bertz CT molecular complexity index is 295. The summed E-state index contributed by atoms with van der Waals surface area (Å²) in [5.41, 5.74) is 3.96. The third kappa shape index (κ3) is 4.31. The van der Waals surface area contributed by atoms with E-state index in [1.807, 2.05) is 33.9 Å². The maximum Gasteiger partial charge on any atom is 0.0461 e. The van der Waals surface area contributed by atoms with Gasteiger partial charge in [0.2, 0.25) is 0 Å². The molecule has 0 fully saturated rings. The molecule has 1 aromatic rings. The van der Waals surface area contributed by atoms with Gasteiger partial charge in [-0.2, -0.15) is 0 Å². The average Bonchev–Trinajstić information content (AvgIpc) is 2.33. The zero-order chi connectivity index (χ0) is 12.6. The highest BCUT2D eigenvalue weighted by atomic mass is 15.1. The molecule has 0 atom stereocenters. The molecular weight excluding hydrogens is 196 g/mol. The Morgan fingerprint density at radius 1 is 1.19 bits per heavy atom. The minimum Gasteiger partial charge on any atom is -0.302 e. The van der Waals surface area contributed by atoms with Gasteiger partial charge in [-0.25, -0.2) is 0 Å². The number of aromatic nitrogens is 1. The molecular formula is C14H26N2. The van der Waals surface area contributed by atoms with Gasteiger partial charge in [0.15, 0.2) is 0 Å². The van der Waals surface area contributed by atoms with Gasteiger partial charge in [0, 0.05) is 31.4 Å². The highest BCUT2D eigenvalue weighted by Gasteiger charge is 2.13. The Hall–Kier alpha value is -0.890. The van der Waals surface area contributed by atoms with Crippen LogP contribution in [0.1, 0.15) is 44.5 Å². The maximum absolute atomic E-state index is 4.43. The second-order valence-corrected chi connectivity index (χ2v) is 3.61. The topological polar surface area (TPSA) is 16.1 Å². The number of hydrogen-bond donors (Lipinski definition) is 0. The van der Waals surface area contributed by atoms with E-state index in [1.54, 1.807) is 0 Å². The van der Waals surface area contributed by atoms with Crippen molar-refractivity contribution in [3.8, 4) is 0 Å². The second-order valence-electron chi connectivity index (χ2n) is 3.61. The Morgan fingerprint density at radius 3 is 2.44 bits per heavy atom. The third-order valence-electron chi connectivity index (χ3n) is 2.37. The Labute approximate surface area is 101 Å². The first kappa shape index (κ1) is 15.1. The van der Waals surface area contributed by atoms with E-state index in [4.69, 9.17) is 0 Å². The Kier molecular flexibility index (Phi) is 7.82. The van der Waals surface area contributed by atoms with Gasteiger partial charge >= 0.3 is 0 Å². The van der Waals surface area contributed by atoms with Crippen molar-refractivity contribution in [3.05, 3.63) is 29.1 Å². The fraction of sp³-hybridized carbons (Fsp3) is 0.643. The van der Waals surface area contributed by atoms with Gasteiger partial charge in [0.1, 0.15) is 0 Å². The van der Waals surface area contributed by atoms with E-state index in [2.05, 4.69) is 29.9 Å². The molecule has 0 spiro atoms. The molecule has 0 N–H and O–H groups in total. The molecule has 1 aromatic heterocycles. The van der Waals surface area contributed by atoms with Crippen LogP contribution >= 0.6 is 0 Å². The number of aryl methyl sites for hydroxylation is 1. The van der Waals surface area contributed by atoms with Gasteiger partial charge in [0.25, 0.3) is 0 Å². The van der Waals surface area contributed by atoms with Crippen LogP contribution in [0.5, 0.6) is 0 Å². The fourth-order valence-corrected chi connectivity index (χ4v) is 1.69. The number of pyridine rings is 1. The predicted molar refractivity (Wildman–Crippen MR) is 71.7 cm³/mol. The summed E-state index contributed by atoms with van der Waals surface area (Å²) in [6, 6.07) is 2.25. The SMILES string of the molecule is CC.CC.Cc1cnc2c(c1)CN(C)CC2. The van der Waals surface area contributed by atoms with E-state index in [0.717, 1.165) is 19.5 Å². The summed E-state index contributed by atoms with van der Waals surface area (Å²) in [5.74, 6) is 0. The molecule has 16 heavy (non-hydrogen) atoms. The van der Waals surface area contributed by atoms with Crippen molar-refractivity contribution < 1.29 is 0 Å². The zero-order valence-corrected chi connectivity index (χ0v) is 11.7. The lowest BCUT2D eigenvalue weighted by atomic mass is 10.0. The van der Waals surface area contributed by atoms with E-state index in [9.17, 15) is 0 Å². The smallest absolute Gasteiger partial charge is 0.0461 e. The summed E-state index contributed by atoms with van der Waals surface area (Å²) in [7, 11) is 2.16. The molecule has 0 bridgehead atoms. The first-order valence-electron chi connectivity index (χ1n) is 6.38. The number of rotatable bonds is 0. The van der Waals surface area contributed by atoms with Crippen LogP contribution in [0.2, 0.25) is 0 Å². The van der Waals surface area contributed by atoms with Crippen LogP contribution in [0.15, 0.2) is 12.3 Å². The van der Waals surface area contributed by atoms with Crippen LogP contribution in [0.4, 0.5) is 0 Å². The Morgan fingerprint density at radius 2 is 1.81 bits per heavy atom. The van der Waals surface area contributed by atoms with Crippen molar-refractivity contribution in [2.75, 3.05) is 13.6 Å². The lowest BCUT2D eigenvalue weighted by Gasteiger charge is -2.24. The summed E-state index contributed by atoms with van der Waals surface area (Å²) in [6.45, 7) is 12.3. The van der Waals surface area contributed by atoms with E-state index in [0.29, 0.717) is 0 Å². The summed E-state index contributed by atoms with van der Waals surface area (Å²) in [4.78, 5) is 6.76. The van der Waals surface area contributed by atoms with E-state index < -0.39 is 0 Å². The maximum atomic E-state index is 4.43. The quantitative estimate of drug-likeness (QED) is 0.668. The monoisotopic (exact) mass is 222 g/mol. The Balaban J connectivity index is 0.000000509. The second kappa shape index (κ2) is 8.28. The van der Waals surface area contributed by atoms with Crippen LogP contribution in [0.25, 0.3) is 0 Å². The lowest BCUT2D eigenvalue weighted by Crippen LogP contribution is -2.27. The third-order valence-corrected chi connectivity index (χ3v) is 2.37. The van der Waals surface area contributed by atoms with Crippen LogP contribution in [-0.2, 0) is 13.0 Å². The van der Waals surface area contributed by atoms with Crippen LogP contribution in [0.3, 0.4) is 0 Å². The van der Waals surface area contributed by atoms with E-state index >= 15 is 0 Å².